The van der Waals surface area contributed by atoms with Gasteiger partial charge in [0.25, 0.3) is 0 Å². The Morgan fingerprint density at radius 3 is 2.46 bits per heavy atom. The molecule has 2 aromatic rings. The van der Waals surface area contributed by atoms with Gasteiger partial charge in [0, 0.05) is 39.4 Å². The summed E-state index contributed by atoms with van der Waals surface area (Å²) >= 11 is 5.71. The molecule has 0 fully saturated rings. The monoisotopic (exact) mass is 457 g/mol. The fourth-order valence-corrected chi connectivity index (χ4v) is 6.99. The first-order valence-corrected chi connectivity index (χ1v) is 14.9. The first-order chi connectivity index (χ1) is 13.4. The Hall–Kier alpha value is -0.350. The lowest BCUT2D eigenvalue weighted by molar-refractivity contribution is 0.557. The molecule has 0 aliphatic heterocycles. The van der Waals surface area contributed by atoms with E-state index in [2.05, 4.69) is 52.5 Å². The summed E-state index contributed by atoms with van der Waals surface area (Å²) in [4.78, 5) is 12.7. The molecule has 1 heterocycles. The van der Waals surface area contributed by atoms with Crippen molar-refractivity contribution in [2.75, 3.05) is 29.7 Å². The highest BCUT2D eigenvalue weighted by atomic mass is 32.2. The number of rotatable bonds is 9. The van der Waals surface area contributed by atoms with Crippen LogP contribution in [0.3, 0.4) is 0 Å². The Kier molecular flexibility index (Phi) is 13.4. The van der Waals surface area contributed by atoms with Crippen molar-refractivity contribution < 1.29 is 4.42 Å². The lowest BCUT2D eigenvalue weighted by Gasteiger charge is -2.06. The second-order valence-corrected chi connectivity index (χ2v) is 13.1. The zero-order chi connectivity index (χ0) is 20.9. The van der Waals surface area contributed by atoms with Gasteiger partial charge in [-0.2, -0.15) is 11.8 Å². The van der Waals surface area contributed by atoms with E-state index in [1.165, 1.54) is 23.5 Å². The van der Waals surface area contributed by atoms with Crippen LogP contribution in [-0.2, 0) is 0 Å². The van der Waals surface area contributed by atoms with Crippen LogP contribution >= 0.6 is 42.8 Å². The summed E-state index contributed by atoms with van der Waals surface area (Å²) in [6, 6.07) is 7.58. The molecule has 0 N–H and O–H groups in total. The molecular weight excluding hydrogens is 423 g/mol. The van der Waals surface area contributed by atoms with Crippen molar-refractivity contribution in [1.82, 2.24) is 0 Å². The molecular formula is C22H34O2PS3+. The van der Waals surface area contributed by atoms with Gasteiger partial charge in [0.1, 0.15) is 23.9 Å². The highest BCUT2D eigenvalue weighted by molar-refractivity contribution is 8.18. The number of hydrogen-bond donors (Lipinski definition) is 0. The normalized spacial score (nSPS) is 11.6. The lowest BCUT2D eigenvalue weighted by atomic mass is 10.2. The summed E-state index contributed by atoms with van der Waals surface area (Å²) in [6.45, 7) is 13.2. The molecule has 28 heavy (non-hydrogen) atoms. The molecule has 1 aromatic carbocycles. The van der Waals surface area contributed by atoms with E-state index in [4.69, 9.17) is 4.42 Å². The van der Waals surface area contributed by atoms with E-state index >= 15 is 0 Å². The Bertz CT molecular complexity index is 800. The second-order valence-electron chi connectivity index (χ2n) is 6.83. The van der Waals surface area contributed by atoms with Crippen molar-refractivity contribution in [2.24, 2.45) is 0 Å². The summed E-state index contributed by atoms with van der Waals surface area (Å²) in [5.74, 6) is 4.48. The lowest BCUT2D eigenvalue weighted by Crippen LogP contribution is -1.98. The third-order valence-electron chi connectivity index (χ3n) is 3.75. The van der Waals surface area contributed by atoms with Gasteiger partial charge in [-0.3, -0.25) is 0 Å². The molecule has 6 heteroatoms. The standard InChI is InChI=1S/C19H26O2PS3.C3H8/c1-14(2)22(4)13-24-8-7-23-9-10-25-18-12-19(20)21-17-6-5-15(3)11-16(17)18;1-3-2/h5-6,11-14H,7-10H2,1-4H3;3H2,1-2H3/q+1;. The molecule has 0 saturated heterocycles. The van der Waals surface area contributed by atoms with E-state index < -0.39 is 0 Å². The SMILES string of the molecule is CCC.Cc1ccc2oc(=O)cc(SCCSCCS/C=[P+](/C)C(C)C)c2c1. The van der Waals surface area contributed by atoms with Crippen molar-refractivity contribution in [3.63, 3.8) is 0 Å². The van der Waals surface area contributed by atoms with Crippen LogP contribution in [0.4, 0.5) is 0 Å². The smallest absolute Gasteiger partial charge is 0.337 e. The van der Waals surface area contributed by atoms with Gasteiger partial charge >= 0.3 is 5.63 Å². The Morgan fingerprint density at radius 1 is 1.11 bits per heavy atom. The van der Waals surface area contributed by atoms with Crippen molar-refractivity contribution in [3.8, 4) is 0 Å². The van der Waals surface area contributed by atoms with Crippen LogP contribution in [0.1, 0.15) is 39.7 Å². The number of benzene rings is 1. The van der Waals surface area contributed by atoms with Crippen LogP contribution in [0.2, 0.25) is 0 Å². The molecule has 2 rings (SSSR count). The summed E-state index contributed by atoms with van der Waals surface area (Å²) in [6.07, 6.45) is 1.25. The van der Waals surface area contributed by atoms with E-state index in [1.54, 1.807) is 17.8 Å². The van der Waals surface area contributed by atoms with Crippen molar-refractivity contribution in [2.45, 2.75) is 51.6 Å². The first kappa shape index (κ1) is 25.7. The molecule has 156 valence electrons. The highest BCUT2D eigenvalue weighted by Crippen LogP contribution is 2.28. The first-order valence-electron chi connectivity index (χ1n) is 9.80. The van der Waals surface area contributed by atoms with Gasteiger partial charge in [0.05, 0.1) is 6.66 Å². The van der Waals surface area contributed by atoms with Crippen LogP contribution in [0.5, 0.6) is 0 Å². The molecule has 0 spiro atoms. The third-order valence-corrected chi connectivity index (χ3v) is 10.3. The van der Waals surface area contributed by atoms with E-state index in [0.29, 0.717) is 5.58 Å². The van der Waals surface area contributed by atoms with Gasteiger partial charge in [-0.15, -0.1) is 11.8 Å². The molecule has 0 radical (unpaired) electrons. The van der Waals surface area contributed by atoms with Gasteiger partial charge in [-0.05, 0) is 32.9 Å². The Balaban J connectivity index is 0.00000122. The summed E-state index contributed by atoms with van der Waals surface area (Å²) in [5, 5.41) is 3.48. The quantitative estimate of drug-likeness (QED) is 0.170. The average Bonchev–Trinajstić information content (AvgIpc) is 2.64. The largest absolute Gasteiger partial charge is 0.423 e. The highest BCUT2D eigenvalue weighted by Gasteiger charge is 2.08. The molecule has 0 aliphatic carbocycles. The van der Waals surface area contributed by atoms with Gasteiger partial charge < -0.3 is 4.42 Å². The zero-order valence-corrected chi connectivity index (χ0v) is 21.3. The van der Waals surface area contributed by atoms with E-state index in [0.717, 1.165) is 27.4 Å². The predicted molar refractivity (Wildman–Crippen MR) is 138 cm³/mol. The van der Waals surface area contributed by atoms with Gasteiger partial charge in [-0.1, -0.05) is 43.7 Å². The number of hydrogen-bond acceptors (Lipinski definition) is 5. The van der Waals surface area contributed by atoms with E-state index in [9.17, 15) is 4.79 Å². The number of thioether (sulfide) groups is 3. The fraction of sp³-hybridized carbons (Fsp3) is 0.545. The maximum Gasteiger partial charge on any atom is 0.337 e. The van der Waals surface area contributed by atoms with Crippen LogP contribution in [-0.4, -0.2) is 40.5 Å². The van der Waals surface area contributed by atoms with Gasteiger partial charge in [0.2, 0.25) is 0 Å². The molecule has 2 nitrogen and oxygen atoms in total. The van der Waals surface area contributed by atoms with Gasteiger partial charge in [0.15, 0.2) is 0 Å². The second kappa shape index (κ2) is 14.6. The minimum atomic E-state index is -0.264. The van der Waals surface area contributed by atoms with Crippen LogP contribution < -0.4 is 5.63 Å². The molecule has 0 amide bonds. The minimum Gasteiger partial charge on any atom is -0.423 e. The molecule has 1 aromatic heterocycles. The average molecular weight is 458 g/mol. The molecule has 0 bridgehead atoms. The van der Waals surface area contributed by atoms with Gasteiger partial charge in [-0.25, -0.2) is 4.79 Å². The molecule has 0 aliphatic rings. The number of fused-ring (bicyclic) bond motifs is 1. The zero-order valence-electron chi connectivity index (χ0n) is 18.0. The van der Waals surface area contributed by atoms with E-state index in [-0.39, 0.29) is 13.2 Å². The van der Waals surface area contributed by atoms with Crippen molar-refractivity contribution in [1.29, 1.82) is 0 Å². The molecule has 1 atom stereocenters. The summed E-state index contributed by atoms with van der Waals surface area (Å²) in [7, 11) is 0.0657. The van der Waals surface area contributed by atoms with Crippen LogP contribution in [0.25, 0.3) is 11.0 Å². The molecule has 0 saturated carbocycles. The van der Waals surface area contributed by atoms with Crippen molar-refractivity contribution >= 4 is 58.9 Å². The van der Waals surface area contributed by atoms with Crippen molar-refractivity contribution in [3.05, 3.63) is 40.2 Å². The van der Waals surface area contributed by atoms with E-state index in [1.807, 2.05) is 35.7 Å². The minimum absolute atomic E-state index is 0.0657. The maximum absolute atomic E-state index is 11.7. The Morgan fingerprint density at radius 2 is 1.79 bits per heavy atom. The fourth-order valence-electron chi connectivity index (χ4n) is 2.08. The third kappa shape index (κ3) is 9.91. The topological polar surface area (TPSA) is 30.2 Å². The molecule has 1 unspecified atom stereocenters. The van der Waals surface area contributed by atoms with Crippen LogP contribution in [0, 0.1) is 6.92 Å². The Labute approximate surface area is 184 Å². The predicted octanol–water partition coefficient (Wildman–Crippen LogP) is 7.36. The maximum atomic E-state index is 11.7. The summed E-state index contributed by atoms with van der Waals surface area (Å²) in [5.41, 5.74) is 2.39. The summed E-state index contributed by atoms with van der Waals surface area (Å²) < 4.78 is 5.29. The number of aryl methyl sites for hydroxylation is 1. The van der Waals surface area contributed by atoms with Crippen LogP contribution in [0.15, 0.2) is 38.4 Å².